The van der Waals surface area contributed by atoms with Gasteiger partial charge in [0.2, 0.25) is 11.8 Å². The Hall–Kier alpha value is -4.51. The Labute approximate surface area is 257 Å². The fourth-order valence-electron chi connectivity index (χ4n) is 6.25. The third-order valence-corrected chi connectivity index (χ3v) is 8.69. The van der Waals surface area contributed by atoms with Crippen molar-refractivity contribution < 1.29 is 33.0 Å². The van der Waals surface area contributed by atoms with Crippen LogP contribution in [0.3, 0.4) is 0 Å². The summed E-state index contributed by atoms with van der Waals surface area (Å²) in [5.41, 5.74) is 1.97. The first-order chi connectivity index (χ1) is 21.2. The molecule has 1 saturated heterocycles. The summed E-state index contributed by atoms with van der Waals surface area (Å²) in [4.78, 5) is 57.8. The molecule has 3 amide bonds. The van der Waals surface area contributed by atoms with Gasteiger partial charge in [-0.25, -0.2) is 9.18 Å². The van der Waals surface area contributed by atoms with Gasteiger partial charge in [0.25, 0.3) is 0 Å². The number of amides is 3. The van der Waals surface area contributed by atoms with Gasteiger partial charge in [-0.3, -0.25) is 24.7 Å². The first-order valence-electron chi connectivity index (χ1n) is 14.4. The van der Waals surface area contributed by atoms with E-state index in [2.05, 4.69) is 10.6 Å². The maximum absolute atomic E-state index is 15.3. The number of fused-ring (bicyclic) bond motifs is 6. The van der Waals surface area contributed by atoms with Gasteiger partial charge >= 0.3 is 12.1 Å². The van der Waals surface area contributed by atoms with Crippen LogP contribution in [-0.4, -0.2) is 54.0 Å². The number of ether oxygens (including phenoxy) is 2. The average molecular weight is 621 g/mol. The molecule has 1 aromatic heterocycles. The fourth-order valence-corrected chi connectivity index (χ4v) is 6.41. The summed E-state index contributed by atoms with van der Waals surface area (Å²) in [5, 5.41) is 5.38. The van der Waals surface area contributed by atoms with Gasteiger partial charge in [-0.1, -0.05) is 36.2 Å². The van der Waals surface area contributed by atoms with Crippen molar-refractivity contribution in [1.29, 1.82) is 0 Å². The zero-order valence-electron chi connectivity index (χ0n) is 24.0. The van der Waals surface area contributed by atoms with Gasteiger partial charge in [-0.2, -0.15) is 0 Å². The Morgan fingerprint density at radius 3 is 2.80 bits per heavy atom. The van der Waals surface area contributed by atoms with Crippen molar-refractivity contribution in [2.75, 3.05) is 30.8 Å². The van der Waals surface area contributed by atoms with E-state index in [0.717, 1.165) is 0 Å². The monoisotopic (exact) mass is 620 g/mol. The van der Waals surface area contributed by atoms with Crippen molar-refractivity contribution in [3.63, 3.8) is 0 Å². The van der Waals surface area contributed by atoms with Crippen LogP contribution in [0.5, 0.6) is 0 Å². The molecule has 6 rings (SSSR count). The summed E-state index contributed by atoms with van der Waals surface area (Å²) >= 11 is 6.09. The number of methoxy groups -OCH3 is 1. The van der Waals surface area contributed by atoms with E-state index in [1.165, 1.54) is 19.2 Å². The van der Waals surface area contributed by atoms with Crippen LogP contribution >= 0.6 is 11.6 Å². The zero-order chi connectivity index (χ0) is 31.0. The van der Waals surface area contributed by atoms with Gasteiger partial charge in [-0.15, -0.1) is 0 Å². The lowest BCUT2D eigenvalue weighted by atomic mass is 9.89. The van der Waals surface area contributed by atoms with Crippen molar-refractivity contribution in [1.82, 2.24) is 9.88 Å². The Morgan fingerprint density at radius 2 is 1.98 bits per heavy atom. The minimum absolute atomic E-state index is 0.0338. The van der Waals surface area contributed by atoms with E-state index in [-0.39, 0.29) is 60.4 Å². The van der Waals surface area contributed by atoms with Crippen molar-refractivity contribution in [3.05, 3.63) is 76.2 Å². The highest BCUT2D eigenvalue weighted by molar-refractivity contribution is 6.31. The molecule has 12 heteroatoms. The second-order valence-electron chi connectivity index (χ2n) is 11.2. The number of carbonyl (C=O) groups excluding carboxylic acids is 4. The number of carbonyl (C=O) groups is 4. The number of likely N-dealkylation sites (tertiary alicyclic amines) is 1. The molecule has 0 saturated carbocycles. The van der Waals surface area contributed by atoms with E-state index < -0.39 is 29.4 Å². The van der Waals surface area contributed by atoms with Crippen molar-refractivity contribution >= 4 is 46.9 Å². The van der Waals surface area contributed by atoms with Crippen LogP contribution in [0.25, 0.3) is 11.3 Å². The molecule has 4 heterocycles. The molecule has 2 N–H and O–H groups in total. The topological polar surface area (TPSA) is 127 Å². The van der Waals surface area contributed by atoms with Crippen LogP contribution in [-0.2, 0) is 35.9 Å². The number of benzene rings is 2. The molecular formula is C32H30ClFN4O6. The summed E-state index contributed by atoms with van der Waals surface area (Å²) in [5.74, 6) is -2.14. The summed E-state index contributed by atoms with van der Waals surface area (Å²) in [7, 11) is 1.32. The Morgan fingerprint density at radius 1 is 1.14 bits per heavy atom. The van der Waals surface area contributed by atoms with Crippen LogP contribution < -0.4 is 10.6 Å². The third-order valence-electron chi connectivity index (χ3n) is 8.40. The molecule has 0 unspecified atom stereocenters. The Balaban J connectivity index is 1.33. The number of nitrogens with zero attached hydrogens (tertiary/aromatic N) is 2. The maximum Gasteiger partial charge on any atom is 0.412 e. The molecular weight excluding hydrogens is 591 g/mol. The van der Waals surface area contributed by atoms with Crippen LogP contribution in [0, 0.1) is 5.82 Å². The van der Waals surface area contributed by atoms with E-state index in [4.69, 9.17) is 26.1 Å². The van der Waals surface area contributed by atoms with E-state index in [1.807, 2.05) is 6.07 Å². The molecule has 228 valence electrons. The molecule has 2 aromatic carbocycles. The van der Waals surface area contributed by atoms with Crippen LogP contribution in [0.2, 0.25) is 5.02 Å². The first kappa shape index (κ1) is 29.6. The molecule has 0 aliphatic carbocycles. The van der Waals surface area contributed by atoms with Crippen LogP contribution in [0.1, 0.15) is 54.8 Å². The lowest BCUT2D eigenvalue weighted by Gasteiger charge is -2.36. The number of hydrogen-bond acceptors (Lipinski definition) is 7. The number of aromatic nitrogens is 1. The summed E-state index contributed by atoms with van der Waals surface area (Å²) in [6.45, 7) is 0.204. The number of halogens is 2. The first-order valence-corrected chi connectivity index (χ1v) is 14.8. The Bertz CT molecular complexity index is 1680. The number of nitrogens with one attached hydrogen (secondary N) is 2. The second kappa shape index (κ2) is 11.9. The molecule has 2 bridgehead atoms. The average Bonchev–Trinajstić information content (AvgIpc) is 3.41. The zero-order valence-corrected chi connectivity index (χ0v) is 24.7. The van der Waals surface area contributed by atoms with Gasteiger partial charge in [-0.05, 0) is 48.7 Å². The molecule has 10 nitrogen and oxygen atoms in total. The lowest BCUT2D eigenvalue weighted by Crippen LogP contribution is -2.44. The molecule has 44 heavy (non-hydrogen) atoms. The summed E-state index contributed by atoms with van der Waals surface area (Å²) in [6, 6.07) is 13.6. The van der Waals surface area contributed by atoms with Crippen LogP contribution in [0.15, 0.2) is 48.5 Å². The smallest absolute Gasteiger partial charge is 0.412 e. The SMILES string of the molecule is COC(=O)Cc1ccc2c(c1)NC(=O)CCCC[C@@H](C(=O)N1CC[C@@]3(C1)OC(=O)Nc1ccc(Cl)c(F)c13)c1cccc-2n1. The molecule has 1 fully saturated rings. The predicted molar refractivity (Wildman–Crippen MR) is 160 cm³/mol. The molecule has 0 radical (unpaired) electrons. The minimum Gasteiger partial charge on any atom is -0.469 e. The summed E-state index contributed by atoms with van der Waals surface area (Å²) in [6.07, 6.45) is 1.34. The van der Waals surface area contributed by atoms with E-state index in [1.54, 1.807) is 35.2 Å². The molecule has 3 aromatic rings. The van der Waals surface area contributed by atoms with Gasteiger partial charge in [0.05, 0.1) is 59.3 Å². The number of rotatable bonds is 3. The van der Waals surface area contributed by atoms with Crippen LogP contribution in [0.4, 0.5) is 20.6 Å². The molecule has 3 aliphatic heterocycles. The maximum atomic E-state index is 15.3. The van der Waals surface area contributed by atoms with Crippen molar-refractivity contribution in [2.45, 2.75) is 50.0 Å². The Kier molecular flexibility index (Phi) is 7.98. The number of esters is 1. The van der Waals surface area contributed by atoms with Gasteiger partial charge in [0.1, 0.15) is 0 Å². The van der Waals surface area contributed by atoms with Crippen molar-refractivity contribution in [2.24, 2.45) is 0 Å². The fraction of sp³-hybridized carbons (Fsp3) is 0.344. The number of pyridine rings is 1. The predicted octanol–water partition coefficient (Wildman–Crippen LogP) is 5.54. The largest absolute Gasteiger partial charge is 0.469 e. The highest BCUT2D eigenvalue weighted by Crippen LogP contribution is 2.46. The second-order valence-corrected chi connectivity index (χ2v) is 11.6. The van der Waals surface area contributed by atoms with Crippen molar-refractivity contribution in [3.8, 4) is 11.3 Å². The molecule has 1 spiro atoms. The number of hydrogen-bond donors (Lipinski definition) is 2. The molecule has 2 atom stereocenters. The highest BCUT2D eigenvalue weighted by atomic mass is 35.5. The minimum atomic E-state index is -1.37. The quantitative estimate of drug-likeness (QED) is 0.368. The van der Waals surface area contributed by atoms with E-state index in [0.29, 0.717) is 47.5 Å². The van der Waals surface area contributed by atoms with E-state index >= 15 is 4.39 Å². The highest BCUT2D eigenvalue weighted by Gasteiger charge is 2.51. The number of anilines is 2. The summed E-state index contributed by atoms with van der Waals surface area (Å²) < 4.78 is 25.8. The van der Waals surface area contributed by atoms with Gasteiger partial charge in [0.15, 0.2) is 11.4 Å². The van der Waals surface area contributed by atoms with Gasteiger partial charge in [0, 0.05) is 24.9 Å². The lowest BCUT2D eigenvalue weighted by molar-refractivity contribution is -0.139. The molecule has 3 aliphatic rings. The third kappa shape index (κ3) is 5.59. The standard InChI is InChI=1S/C32H30ClFN4O6/c1-43-27(40)16-18-9-10-19-22-6-4-7-23(35-22)20(5-2-3-8-26(39)36-25(19)15-18)30(41)38-14-13-32(17-38)28-24(37-31(42)44-32)12-11-21(33)29(28)34/h4,6-7,9-12,15,20H,2-3,5,8,13-14,16-17H2,1H3,(H,36,39)(H,37,42)/t20-,32+/m1/s1. The van der Waals surface area contributed by atoms with E-state index in [9.17, 15) is 19.2 Å². The van der Waals surface area contributed by atoms with Gasteiger partial charge < -0.3 is 19.7 Å². The normalized spacial score (nSPS) is 21.2.